The molecule has 0 radical (unpaired) electrons. The number of nitrogens with zero attached hydrogens (tertiary/aromatic N) is 2. The van der Waals surface area contributed by atoms with Crippen molar-refractivity contribution in [1.82, 2.24) is 10.1 Å². The summed E-state index contributed by atoms with van der Waals surface area (Å²) in [5.74, 6) is 1.71. The molecule has 0 bridgehead atoms. The average molecular weight is 310 g/mol. The molecule has 1 aromatic carbocycles. The van der Waals surface area contributed by atoms with E-state index in [0.29, 0.717) is 35.6 Å². The summed E-state index contributed by atoms with van der Waals surface area (Å²) in [6, 6.07) is 5.26. The Balaban J connectivity index is 1.91. The maximum atomic E-state index is 5.95. The van der Waals surface area contributed by atoms with Gasteiger partial charge in [-0.15, -0.1) is 0 Å². The highest BCUT2D eigenvalue weighted by Crippen LogP contribution is 2.35. The zero-order valence-electron chi connectivity index (χ0n) is 11.6. The van der Waals surface area contributed by atoms with Crippen molar-refractivity contribution >= 4 is 11.6 Å². The molecule has 1 aliphatic rings. The van der Waals surface area contributed by atoms with Crippen molar-refractivity contribution in [3.05, 3.63) is 29.1 Å². The fourth-order valence-corrected chi connectivity index (χ4v) is 2.62. The molecule has 7 heteroatoms. The number of methoxy groups -OCH3 is 1. The maximum Gasteiger partial charge on any atom is 0.256 e. The van der Waals surface area contributed by atoms with Crippen molar-refractivity contribution in [3.63, 3.8) is 0 Å². The summed E-state index contributed by atoms with van der Waals surface area (Å²) in [6.45, 7) is 1.20. The number of rotatable bonds is 4. The first-order valence-corrected chi connectivity index (χ1v) is 7.10. The molecule has 0 amide bonds. The SMILES string of the molecule is COc1cc(Cl)ccc1-c1noc([C@H]2OCC[C@H]2CN)n1. The van der Waals surface area contributed by atoms with Crippen LogP contribution in [0.4, 0.5) is 0 Å². The lowest BCUT2D eigenvalue weighted by molar-refractivity contribution is 0.0642. The molecule has 1 aliphatic heterocycles. The van der Waals surface area contributed by atoms with E-state index in [9.17, 15) is 0 Å². The Bertz CT molecular complexity index is 632. The maximum absolute atomic E-state index is 5.95. The molecule has 1 fully saturated rings. The molecule has 2 atom stereocenters. The number of nitrogens with two attached hydrogens (primary N) is 1. The normalized spacial score (nSPS) is 21.7. The van der Waals surface area contributed by atoms with Gasteiger partial charge in [-0.3, -0.25) is 0 Å². The smallest absolute Gasteiger partial charge is 0.256 e. The van der Waals surface area contributed by atoms with E-state index in [1.54, 1.807) is 25.3 Å². The second-order valence-corrected chi connectivity index (χ2v) is 5.31. The Morgan fingerprint density at radius 1 is 1.48 bits per heavy atom. The predicted octanol–water partition coefficient (Wildman–Crippen LogP) is 2.43. The molecule has 1 aromatic heterocycles. The van der Waals surface area contributed by atoms with Crippen LogP contribution in [0.25, 0.3) is 11.4 Å². The molecule has 2 aromatic rings. The minimum atomic E-state index is -0.227. The first-order valence-electron chi connectivity index (χ1n) is 6.72. The Hall–Kier alpha value is -1.63. The number of hydrogen-bond donors (Lipinski definition) is 1. The zero-order valence-corrected chi connectivity index (χ0v) is 12.3. The van der Waals surface area contributed by atoms with E-state index in [-0.39, 0.29) is 12.0 Å². The third-order valence-electron chi connectivity index (χ3n) is 3.61. The number of benzene rings is 1. The molecule has 0 unspecified atom stereocenters. The first kappa shape index (κ1) is 14.3. The Morgan fingerprint density at radius 3 is 3.10 bits per heavy atom. The lowest BCUT2D eigenvalue weighted by atomic mass is 10.0. The van der Waals surface area contributed by atoms with Gasteiger partial charge in [0.25, 0.3) is 5.89 Å². The number of ether oxygens (including phenoxy) is 2. The molecule has 1 saturated heterocycles. The summed E-state index contributed by atoms with van der Waals surface area (Å²) in [7, 11) is 1.57. The molecule has 112 valence electrons. The highest BCUT2D eigenvalue weighted by molar-refractivity contribution is 6.30. The largest absolute Gasteiger partial charge is 0.496 e. The predicted molar refractivity (Wildman–Crippen MR) is 77.2 cm³/mol. The summed E-state index contributed by atoms with van der Waals surface area (Å²) >= 11 is 5.95. The van der Waals surface area contributed by atoms with Gasteiger partial charge in [0.2, 0.25) is 5.82 Å². The topological polar surface area (TPSA) is 83.4 Å². The van der Waals surface area contributed by atoms with Crippen LogP contribution in [-0.2, 0) is 4.74 Å². The van der Waals surface area contributed by atoms with Crippen molar-refractivity contribution in [2.75, 3.05) is 20.3 Å². The number of hydrogen-bond acceptors (Lipinski definition) is 6. The van der Waals surface area contributed by atoms with E-state index < -0.39 is 0 Å². The second kappa shape index (κ2) is 6.01. The van der Waals surface area contributed by atoms with Gasteiger partial charge < -0.3 is 19.7 Å². The summed E-state index contributed by atoms with van der Waals surface area (Å²) in [4.78, 5) is 4.42. The van der Waals surface area contributed by atoms with Crippen LogP contribution in [0.15, 0.2) is 22.7 Å². The van der Waals surface area contributed by atoms with Gasteiger partial charge in [0.05, 0.1) is 12.7 Å². The van der Waals surface area contributed by atoms with Crippen LogP contribution in [0.2, 0.25) is 5.02 Å². The molecule has 21 heavy (non-hydrogen) atoms. The summed E-state index contributed by atoms with van der Waals surface area (Å²) < 4.78 is 16.3. The van der Waals surface area contributed by atoms with Crippen LogP contribution < -0.4 is 10.5 Å². The standard InChI is InChI=1S/C14H16ClN3O3/c1-19-11-6-9(15)2-3-10(11)13-17-14(21-18-13)12-8(7-16)4-5-20-12/h2-3,6,8,12H,4-5,7,16H2,1H3/t8-,12-/m0/s1. The van der Waals surface area contributed by atoms with Gasteiger partial charge in [-0.05, 0) is 31.2 Å². The molecule has 2 N–H and O–H groups in total. The third-order valence-corrected chi connectivity index (χ3v) is 3.84. The Labute approximate surface area is 127 Å². The quantitative estimate of drug-likeness (QED) is 0.934. The highest BCUT2D eigenvalue weighted by atomic mass is 35.5. The van der Waals surface area contributed by atoms with Crippen molar-refractivity contribution in [2.45, 2.75) is 12.5 Å². The van der Waals surface area contributed by atoms with Gasteiger partial charge in [-0.2, -0.15) is 4.98 Å². The van der Waals surface area contributed by atoms with Crippen molar-refractivity contribution < 1.29 is 14.0 Å². The van der Waals surface area contributed by atoms with Crippen LogP contribution in [-0.4, -0.2) is 30.4 Å². The summed E-state index contributed by atoms with van der Waals surface area (Å²) in [6.07, 6.45) is 0.679. The van der Waals surface area contributed by atoms with E-state index in [1.807, 2.05) is 0 Å². The Morgan fingerprint density at radius 2 is 2.33 bits per heavy atom. The van der Waals surface area contributed by atoms with Gasteiger partial charge in [0.1, 0.15) is 11.9 Å². The average Bonchev–Trinajstić information content (AvgIpc) is 3.15. The first-order chi connectivity index (χ1) is 10.2. The van der Waals surface area contributed by atoms with Crippen LogP contribution in [0.5, 0.6) is 5.75 Å². The monoisotopic (exact) mass is 309 g/mol. The summed E-state index contributed by atoms with van der Waals surface area (Å²) in [5.41, 5.74) is 6.46. The molecule has 3 rings (SSSR count). The fraction of sp³-hybridized carbons (Fsp3) is 0.429. The number of aromatic nitrogens is 2. The van der Waals surface area contributed by atoms with E-state index >= 15 is 0 Å². The number of halogens is 1. The minimum Gasteiger partial charge on any atom is -0.496 e. The van der Waals surface area contributed by atoms with E-state index in [2.05, 4.69) is 10.1 Å². The van der Waals surface area contributed by atoms with E-state index in [1.165, 1.54) is 0 Å². The van der Waals surface area contributed by atoms with Gasteiger partial charge in [-0.1, -0.05) is 16.8 Å². The van der Waals surface area contributed by atoms with E-state index in [4.69, 9.17) is 31.3 Å². The Kier molecular flexibility index (Phi) is 4.10. The zero-order chi connectivity index (χ0) is 14.8. The van der Waals surface area contributed by atoms with Crippen LogP contribution in [0.1, 0.15) is 18.4 Å². The van der Waals surface area contributed by atoms with Gasteiger partial charge >= 0.3 is 0 Å². The van der Waals surface area contributed by atoms with Crippen molar-refractivity contribution in [1.29, 1.82) is 0 Å². The lowest BCUT2D eigenvalue weighted by Crippen LogP contribution is -2.18. The van der Waals surface area contributed by atoms with Gasteiger partial charge in [-0.25, -0.2) is 0 Å². The van der Waals surface area contributed by atoms with Crippen molar-refractivity contribution in [2.24, 2.45) is 11.7 Å². The highest BCUT2D eigenvalue weighted by Gasteiger charge is 2.33. The van der Waals surface area contributed by atoms with Gasteiger partial charge in [0.15, 0.2) is 0 Å². The van der Waals surface area contributed by atoms with Crippen LogP contribution >= 0.6 is 11.6 Å². The molecular weight excluding hydrogens is 294 g/mol. The molecule has 0 spiro atoms. The second-order valence-electron chi connectivity index (χ2n) is 4.88. The fourth-order valence-electron chi connectivity index (χ4n) is 2.46. The molecule has 0 aliphatic carbocycles. The van der Waals surface area contributed by atoms with Crippen LogP contribution in [0.3, 0.4) is 0 Å². The summed E-state index contributed by atoms with van der Waals surface area (Å²) in [5, 5.41) is 4.59. The molecular formula is C14H16ClN3O3. The molecule has 2 heterocycles. The van der Waals surface area contributed by atoms with Gasteiger partial charge in [0, 0.05) is 17.5 Å². The minimum absolute atomic E-state index is 0.213. The molecule has 0 saturated carbocycles. The van der Waals surface area contributed by atoms with E-state index in [0.717, 1.165) is 12.0 Å². The lowest BCUT2D eigenvalue weighted by Gasteiger charge is -2.11. The van der Waals surface area contributed by atoms with Crippen molar-refractivity contribution in [3.8, 4) is 17.1 Å². The third kappa shape index (κ3) is 2.74. The molecule has 6 nitrogen and oxygen atoms in total. The van der Waals surface area contributed by atoms with Crippen LogP contribution in [0, 0.1) is 5.92 Å².